The minimum atomic E-state index is -4.45. The minimum absolute atomic E-state index is 0.0934. The Hall–Kier alpha value is -4.70. The van der Waals surface area contributed by atoms with Crippen molar-refractivity contribution in [2.45, 2.75) is 45.2 Å². The maximum Gasteiger partial charge on any atom is 0.416 e. The van der Waals surface area contributed by atoms with Crippen molar-refractivity contribution in [1.29, 1.82) is 0 Å². The number of benzene rings is 3. The molecular formula is C36H30F4N2O3S. The lowest BCUT2D eigenvalue weighted by Gasteiger charge is -2.15. The largest absolute Gasteiger partial charge is 0.481 e. The Balaban J connectivity index is 1.25. The van der Waals surface area contributed by atoms with Crippen LogP contribution in [0.3, 0.4) is 0 Å². The van der Waals surface area contributed by atoms with Gasteiger partial charge in [0.05, 0.1) is 16.4 Å². The van der Waals surface area contributed by atoms with Gasteiger partial charge in [-0.05, 0) is 58.9 Å². The van der Waals surface area contributed by atoms with Gasteiger partial charge in [-0.15, -0.1) is 11.3 Å². The molecule has 1 atom stereocenters. The van der Waals surface area contributed by atoms with Gasteiger partial charge in [-0.1, -0.05) is 69.3 Å². The van der Waals surface area contributed by atoms with E-state index in [-0.39, 0.29) is 29.6 Å². The number of hydrogen-bond donors (Lipinski definition) is 1. The highest BCUT2D eigenvalue weighted by molar-refractivity contribution is 7.14. The fourth-order valence-corrected chi connectivity index (χ4v) is 5.95. The van der Waals surface area contributed by atoms with Crippen molar-refractivity contribution in [3.05, 3.63) is 118 Å². The summed E-state index contributed by atoms with van der Waals surface area (Å²) in [6.07, 6.45) is -1.41. The average Bonchev–Trinajstić information content (AvgIpc) is 3.53. The molecule has 1 N–H and O–H groups in total. The van der Waals surface area contributed by atoms with Gasteiger partial charge in [0, 0.05) is 40.4 Å². The first-order valence-electron chi connectivity index (χ1n) is 14.4. The molecule has 0 unspecified atom stereocenters. The Labute approximate surface area is 267 Å². The van der Waals surface area contributed by atoms with E-state index in [1.54, 1.807) is 36.4 Å². The number of rotatable bonds is 9. The van der Waals surface area contributed by atoms with Gasteiger partial charge in [-0.3, -0.25) is 9.59 Å². The summed E-state index contributed by atoms with van der Waals surface area (Å²) in [4.78, 5) is 35.2. The minimum Gasteiger partial charge on any atom is -0.481 e. The first kappa shape index (κ1) is 32.7. The summed E-state index contributed by atoms with van der Waals surface area (Å²) in [5.41, 5.74) is 2.09. The molecule has 0 aliphatic heterocycles. The monoisotopic (exact) mass is 646 g/mol. The highest BCUT2D eigenvalue weighted by Crippen LogP contribution is 2.33. The van der Waals surface area contributed by atoms with E-state index in [2.05, 4.69) is 30.7 Å². The molecular weight excluding hydrogens is 616 g/mol. The second kappa shape index (κ2) is 13.0. The number of alkyl halides is 3. The zero-order chi connectivity index (χ0) is 33.2. The van der Waals surface area contributed by atoms with E-state index in [0.717, 1.165) is 22.6 Å². The van der Waals surface area contributed by atoms with Gasteiger partial charge in [-0.25, -0.2) is 14.4 Å². The Morgan fingerprint density at radius 3 is 1.96 bits per heavy atom. The van der Waals surface area contributed by atoms with Crippen molar-refractivity contribution in [2.24, 2.45) is 5.92 Å². The van der Waals surface area contributed by atoms with Gasteiger partial charge in [0.25, 0.3) is 0 Å². The molecule has 236 valence electrons. The van der Waals surface area contributed by atoms with Gasteiger partial charge >= 0.3 is 12.1 Å². The maximum absolute atomic E-state index is 15.0. The van der Waals surface area contributed by atoms with Crippen LogP contribution in [0.2, 0.25) is 0 Å². The summed E-state index contributed by atoms with van der Waals surface area (Å²) in [7, 11) is 0. The third-order valence-corrected chi connectivity index (χ3v) is 9.12. The molecule has 46 heavy (non-hydrogen) atoms. The lowest BCUT2D eigenvalue weighted by Crippen LogP contribution is -2.20. The van der Waals surface area contributed by atoms with Gasteiger partial charge in [-0.2, -0.15) is 13.2 Å². The smallest absolute Gasteiger partial charge is 0.416 e. The molecule has 5 aromatic rings. The Morgan fingerprint density at radius 1 is 0.804 bits per heavy atom. The third-order valence-electron chi connectivity index (χ3n) is 7.57. The molecule has 2 heterocycles. The van der Waals surface area contributed by atoms with Crippen LogP contribution in [0.5, 0.6) is 0 Å². The van der Waals surface area contributed by atoms with E-state index in [1.165, 1.54) is 48.0 Å². The van der Waals surface area contributed by atoms with Gasteiger partial charge in [0.15, 0.2) is 11.6 Å². The van der Waals surface area contributed by atoms with Crippen LogP contribution < -0.4 is 0 Å². The summed E-state index contributed by atoms with van der Waals surface area (Å²) in [5.74, 6) is -2.30. The van der Waals surface area contributed by atoms with Crippen molar-refractivity contribution in [3.63, 3.8) is 0 Å². The van der Waals surface area contributed by atoms with E-state index in [0.29, 0.717) is 33.0 Å². The van der Waals surface area contributed by atoms with Gasteiger partial charge in [0.2, 0.25) is 0 Å². The lowest BCUT2D eigenvalue weighted by molar-refractivity contribution is -0.141. The Morgan fingerprint density at radius 2 is 1.41 bits per heavy atom. The number of carbonyl (C=O) groups is 2. The average molecular weight is 647 g/mol. The molecule has 0 fully saturated rings. The van der Waals surface area contributed by atoms with Crippen LogP contribution in [0.15, 0.2) is 91.3 Å². The van der Waals surface area contributed by atoms with Crippen molar-refractivity contribution in [2.75, 3.05) is 0 Å². The molecule has 0 bridgehead atoms. The number of carboxylic acids is 1. The van der Waals surface area contributed by atoms with Crippen molar-refractivity contribution in [3.8, 4) is 33.6 Å². The molecule has 0 saturated heterocycles. The van der Waals surface area contributed by atoms with E-state index >= 15 is 4.39 Å². The number of aromatic nitrogens is 2. The van der Waals surface area contributed by atoms with Crippen LogP contribution in [0.4, 0.5) is 17.6 Å². The fraction of sp³-hybridized carbons (Fsp3) is 0.222. The second-order valence-electron chi connectivity index (χ2n) is 12.0. The SMILES string of the molecule is CC(C)(C)c1ccc(C(=O)C[C@@H](Cc2ccc(-c3ncc(-c4ccc(-c5ccc(C(F)(F)F)cc5)cc4F)cn3)cc2)C(=O)O)s1. The molecule has 0 spiro atoms. The number of carbonyl (C=O) groups excluding carboxylic acids is 1. The van der Waals surface area contributed by atoms with Crippen molar-refractivity contribution in [1.82, 2.24) is 9.97 Å². The van der Waals surface area contributed by atoms with Crippen LogP contribution in [0, 0.1) is 11.7 Å². The van der Waals surface area contributed by atoms with Crippen LogP contribution in [-0.4, -0.2) is 26.8 Å². The van der Waals surface area contributed by atoms with Crippen LogP contribution in [0.25, 0.3) is 33.6 Å². The number of hydrogen-bond acceptors (Lipinski definition) is 5. The number of halogens is 4. The van der Waals surface area contributed by atoms with E-state index in [9.17, 15) is 27.9 Å². The summed E-state index contributed by atoms with van der Waals surface area (Å²) in [6, 6.07) is 19.7. The number of carboxylic acid groups (broad SMARTS) is 1. The highest BCUT2D eigenvalue weighted by Gasteiger charge is 2.30. The lowest BCUT2D eigenvalue weighted by atomic mass is 9.93. The molecule has 0 aliphatic rings. The number of aliphatic carboxylic acids is 1. The third kappa shape index (κ3) is 7.56. The number of thiophene rings is 1. The van der Waals surface area contributed by atoms with Gasteiger partial charge in [0.1, 0.15) is 5.82 Å². The fourth-order valence-electron chi connectivity index (χ4n) is 4.93. The summed E-state index contributed by atoms with van der Waals surface area (Å²) in [6.45, 7) is 6.18. The molecule has 0 aliphatic carbocycles. The van der Waals surface area contributed by atoms with Crippen molar-refractivity contribution >= 4 is 23.1 Å². The molecule has 5 nitrogen and oxygen atoms in total. The number of Topliss-reactive ketones (excluding diaryl/α,β-unsaturated/α-hetero) is 1. The number of ketones is 1. The first-order chi connectivity index (χ1) is 21.7. The van der Waals surface area contributed by atoms with E-state index < -0.39 is 29.4 Å². The second-order valence-corrected chi connectivity index (χ2v) is 13.1. The number of nitrogens with zero attached hydrogens (tertiary/aromatic N) is 2. The highest BCUT2D eigenvalue weighted by atomic mass is 32.1. The van der Waals surface area contributed by atoms with Crippen LogP contribution in [-0.2, 0) is 22.8 Å². The molecule has 0 saturated carbocycles. The zero-order valence-corrected chi connectivity index (χ0v) is 26.0. The Kier molecular flexibility index (Phi) is 9.21. The first-order valence-corrected chi connectivity index (χ1v) is 15.3. The molecule has 0 radical (unpaired) electrons. The molecule has 10 heteroatoms. The van der Waals surface area contributed by atoms with E-state index in [1.807, 2.05) is 6.07 Å². The quantitative estimate of drug-likeness (QED) is 0.127. The molecule has 3 aromatic carbocycles. The Bertz CT molecular complexity index is 1860. The van der Waals surface area contributed by atoms with Crippen LogP contribution in [0.1, 0.15) is 52.9 Å². The zero-order valence-electron chi connectivity index (χ0n) is 25.2. The summed E-state index contributed by atoms with van der Waals surface area (Å²) < 4.78 is 53.6. The standard InChI is InChI=1S/C36H30F4N2O3S/c1-35(2,3)32-15-14-31(46-32)30(43)18-25(34(44)45)16-21-4-6-23(7-5-21)33-41-19-26(20-42-33)28-13-10-24(17-29(28)37)22-8-11-27(12-9-22)36(38,39)40/h4-15,17,19-20,25H,16,18H2,1-3H3,(H,44,45)/t25-/m1/s1. The van der Waals surface area contributed by atoms with Crippen molar-refractivity contribution < 1.29 is 32.3 Å². The topological polar surface area (TPSA) is 80.2 Å². The molecule has 0 amide bonds. The predicted molar refractivity (Wildman–Crippen MR) is 170 cm³/mol. The summed E-state index contributed by atoms with van der Waals surface area (Å²) in [5, 5.41) is 9.81. The molecule has 5 rings (SSSR count). The van der Waals surface area contributed by atoms with E-state index in [4.69, 9.17) is 0 Å². The molecule has 2 aromatic heterocycles. The normalized spacial score (nSPS) is 12.6. The summed E-state index contributed by atoms with van der Waals surface area (Å²) >= 11 is 1.40. The maximum atomic E-state index is 15.0. The van der Waals surface area contributed by atoms with Gasteiger partial charge < -0.3 is 5.11 Å². The predicted octanol–water partition coefficient (Wildman–Crippen LogP) is 9.51. The van der Waals surface area contributed by atoms with Crippen LogP contribution >= 0.6 is 11.3 Å².